The van der Waals surface area contributed by atoms with Crippen molar-refractivity contribution in [2.75, 3.05) is 32.3 Å². The molecule has 2 unspecified atom stereocenters. The predicted molar refractivity (Wildman–Crippen MR) is 70.8 cm³/mol. The second kappa shape index (κ2) is 5.09. The molecule has 0 spiro atoms. The highest BCUT2D eigenvalue weighted by Gasteiger charge is 2.41. The molecule has 1 amide bonds. The Labute approximate surface area is 112 Å². The van der Waals surface area contributed by atoms with E-state index in [0.29, 0.717) is 5.92 Å². The number of nitrogens with one attached hydrogen (secondary N) is 1. The number of carbonyl (C=O) groups is 1. The highest BCUT2D eigenvalue weighted by Crippen LogP contribution is 2.43. The molecule has 1 aromatic carbocycles. The van der Waals surface area contributed by atoms with Crippen LogP contribution in [0.1, 0.15) is 18.0 Å². The largest absolute Gasteiger partial charge is 0.422 e. The monoisotopic (exact) mass is 262 g/mol. The summed E-state index contributed by atoms with van der Waals surface area (Å²) in [4.78, 5) is 13.9. The van der Waals surface area contributed by atoms with Crippen molar-refractivity contribution in [2.45, 2.75) is 12.5 Å². The van der Waals surface area contributed by atoms with E-state index in [-0.39, 0.29) is 18.9 Å². The summed E-state index contributed by atoms with van der Waals surface area (Å²) >= 11 is 0. The van der Waals surface area contributed by atoms with Gasteiger partial charge in [0.15, 0.2) is 6.79 Å². The third-order valence-corrected chi connectivity index (χ3v) is 3.89. The van der Waals surface area contributed by atoms with Gasteiger partial charge in [-0.1, -0.05) is 18.2 Å². The molecule has 2 atom stereocenters. The highest BCUT2D eigenvalue weighted by molar-refractivity contribution is 5.70. The fourth-order valence-corrected chi connectivity index (χ4v) is 3.05. The van der Waals surface area contributed by atoms with Crippen LogP contribution < -0.4 is 5.32 Å². The van der Waals surface area contributed by atoms with E-state index in [1.54, 1.807) is 0 Å². The molecule has 0 aliphatic carbocycles. The van der Waals surface area contributed by atoms with E-state index in [1.165, 1.54) is 12.7 Å². The average molecular weight is 262 g/mol. The number of likely N-dealkylation sites (tertiary alicyclic amines) is 1. The number of fused-ring (bicyclic) bond motifs is 3. The number of amides is 1. The Kier molecular flexibility index (Phi) is 3.29. The Morgan fingerprint density at radius 2 is 2.32 bits per heavy atom. The zero-order chi connectivity index (χ0) is 13.2. The van der Waals surface area contributed by atoms with Gasteiger partial charge in [-0.2, -0.15) is 0 Å². The number of methoxy groups -OCH3 is 1. The van der Waals surface area contributed by atoms with E-state index in [0.717, 1.165) is 25.2 Å². The predicted octanol–water partition coefficient (Wildman–Crippen LogP) is 2.22. The van der Waals surface area contributed by atoms with E-state index >= 15 is 0 Å². The van der Waals surface area contributed by atoms with Crippen LogP contribution in [0.15, 0.2) is 24.3 Å². The molecule has 0 saturated carbocycles. The first-order valence-corrected chi connectivity index (χ1v) is 6.56. The second-order valence-corrected chi connectivity index (χ2v) is 4.97. The molecule has 0 bridgehead atoms. The topological polar surface area (TPSA) is 50.8 Å². The van der Waals surface area contributed by atoms with Crippen LogP contribution in [0.4, 0.5) is 10.5 Å². The van der Waals surface area contributed by atoms with E-state index in [9.17, 15) is 4.79 Å². The molecule has 2 heterocycles. The standard InChI is InChI=1S/C14H18N2O3/c1-18-9-19-14(17)16-7-6-10-8-15-12-5-3-2-4-11(12)13(10)16/h2-5,10,13,15H,6-9H2,1H3. The molecule has 102 valence electrons. The average Bonchev–Trinajstić information content (AvgIpc) is 2.89. The van der Waals surface area contributed by atoms with Crippen LogP contribution in [-0.2, 0) is 9.47 Å². The lowest BCUT2D eigenvalue weighted by Crippen LogP contribution is -2.36. The van der Waals surface area contributed by atoms with Crippen molar-refractivity contribution >= 4 is 11.8 Å². The summed E-state index contributed by atoms with van der Waals surface area (Å²) in [5.41, 5.74) is 2.31. The van der Waals surface area contributed by atoms with E-state index < -0.39 is 0 Å². The van der Waals surface area contributed by atoms with Gasteiger partial charge in [0.25, 0.3) is 0 Å². The molecule has 2 aliphatic heterocycles. The van der Waals surface area contributed by atoms with Crippen LogP contribution in [0.2, 0.25) is 0 Å². The molecule has 1 fully saturated rings. The molecule has 5 heteroatoms. The summed E-state index contributed by atoms with van der Waals surface area (Å²) in [6, 6.07) is 8.29. The van der Waals surface area contributed by atoms with Gasteiger partial charge in [0.05, 0.1) is 6.04 Å². The number of para-hydroxylation sites is 1. The highest BCUT2D eigenvalue weighted by atomic mass is 16.7. The molecular formula is C14H18N2O3. The van der Waals surface area contributed by atoms with Crippen molar-refractivity contribution in [3.05, 3.63) is 29.8 Å². The minimum absolute atomic E-state index is 0.00656. The van der Waals surface area contributed by atoms with Crippen LogP contribution in [0, 0.1) is 5.92 Å². The summed E-state index contributed by atoms with van der Waals surface area (Å²) < 4.78 is 9.88. The Balaban J connectivity index is 1.84. The lowest BCUT2D eigenvalue weighted by Gasteiger charge is -2.33. The third kappa shape index (κ3) is 2.14. The van der Waals surface area contributed by atoms with Gasteiger partial charge in [0.2, 0.25) is 0 Å². The van der Waals surface area contributed by atoms with Crippen molar-refractivity contribution in [1.29, 1.82) is 0 Å². The van der Waals surface area contributed by atoms with E-state index in [4.69, 9.17) is 9.47 Å². The van der Waals surface area contributed by atoms with E-state index in [1.807, 2.05) is 17.0 Å². The smallest absolute Gasteiger partial charge is 0.412 e. The van der Waals surface area contributed by atoms with E-state index in [2.05, 4.69) is 17.4 Å². The first kappa shape index (κ1) is 12.3. The van der Waals surface area contributed by atoms with Gasteiger partial charge in [-0.25, -0.2) is 4.79 Å². The fraction of sp³-hybridized carbons (Fsp3) is 0.500. The number of benzene rings is 1. The quantitative estimate of drug-likeness (QED) is 0.830. The van der Waals surface area contributed by atoms with Crippen molar-refractivity contribution in [1.82, 2.24) is 4.90 Å². The second-order valence-electron chi connectivity index (χ2n) is 4.97. The molecule has 2 aliphatic rings. The van der Waals surface area contributed by atoms with Crippen LogP contribution in [0.5, 0.6) is 0 Å². The lowest BCUT2D eigenvalue weighted by atomic mass is 9.89. The summed E-state index contributed by atoms with van der Waals surface area (Å²) in [5, 5.41) is 3.43. The molecule has 19 heavy (non-hydrogen) atoms. The number of carbonyl (C=O) groups excluding carboxylic acids is 1. The number of nitrogens with zero attached hydrogens (tertiary/aromatic N) is 1. The summed E-state index contributed by atoms with van der Waals surface area (Å²) in [5.74, 6) is 0.463. The number of rotatable bonds is 2. The Morgan fingerprint density at radius 1 is 1.47 bits per heavy atom. The van der Waals surface area contributed by atoms with Crippen LogP contribution in [0.25, 0.3) is 0 Å². The number of ether oxygens (including phenoxy) is 2. The Morgan fingerprint density at radius 3 is 3.16 bits per heavy atom. The number of anilines is 1. The molecule has 1 aromatic rings. The zero-order valence-corrected chi connectivity index (χ0v) is 11.0. The molecule has 5 nitrogen and oxygen atoms in total. The van der Waals surface area contributed by atoms with Crippen molar-refractivity contribution in [3.63, 3.8) is 0 Å². The van der Waals surface area contributed by atoms with Gasteiger partial charge in [-0.05, 0) is 18.1 Å². The summed E-state index contributed by atoms with van der Waals surface area (Å²) in [7, 11) is 1.51. The first-order chi connectivity index (χ1) is 9.31. The van der Waals surface area contributed by atoms with Gasteiger partial charge in [0.1, 0.15) is 0 Å². The Bertz CT molecular complexity index is 478. The van der Waals surface area contributed by atoms with Crippen LogP contribution in [0.3, 0.4) is 0 Å². The summed E-state index contributed by atoms with van der Waals surface area (Å²) in [6.45, 7) is 1.66. The molecule has 1 saturated heterocycles. The van der Waals surface area contributed by atoms with Crippen LogP contribution >= 0.6 is 0 Å². The molecule has 1 N–H and O–H groups in total. The number of hydrogen-bond acceptors (Lipinski definition) is 4. The maximum absolute atomic E-state index is 12.1. The van der Waals surface area contributed by atoms with Gasteiger partial charge in [-0.15, -0.1) is 0 Å². The van der Waals surface area contributed by atoms with Crippen molar-refractivity contribution < 1.29 is 14.3 Å². The number of hydrogen-bond donors (Lipinski definition) is 1. The fourth-order valence-electron chi connectivity index (χ4n) is 3.05. The third-order valence-electron chi connectivity index (χ3n) is 3.89. The van der Waals surface area contributed by atoms with Gasteiger partial charge >= 0.3 is 6.09 Å². The van der Waals surface area contributed by atoms with Crippen molar-refractivity contribution in [3.8, 4) is 0 Å². The Hall–Kier alpha value is -1.75. The minimum atomic E-state index is -0.286. The summed E-state index contributed by atoms with van der Waals surface area (Å²) in [6.07, 6.45) is 0.722. The molecular weight excluding hydrogens is 244 g/mol. The zero-order valence-electron chi connectivity index (χ0n) is 11.0. The lowest BCUT2D eigenvalue weighted by molar-refractivity contribution is -0.00710. The molecule has 3 rings (SSSR count). The molecule has 0 aromatic heterocycles. The SMILES string of the molecule is COCOC(=O)N1CCC2CNc3ccccc3C21. The van der Waals surface area contributed by atoms with Gasteiger partial charge in [-0.3, -0.25) is 0 Å². The minimum Gasteiger partial charge on any atom is -0.422 e. The van der Waals surface area contributed by atoms with Crippen LogP contribution in [-0.4, -0.2) is 38.0 Å². The maximum Gasteiger partial charge on any atom is 0.412 e. The maximum atomic E-state index is 12.1. The van der Waals surface area contributed by atoms with Crippen molar-refractivity contribution in [2.24, 2.45) is 5.92 Å². The normalized spacial score (nSPS) is 24.4. The first-order valence-electron chi connectivity index (χ1n) is 6.56. The van der Waals surface area contributed by atoms with Gasteiger partial charge in [0, 0.05) is 31.8 Å². The molecule has 0 radical (unpaired) electrons. The van der Waals surface area contributed by atoms with Gasteiger partial charge < -0.3 is 19.7 Å².